The average molecular weight is 330 g/mol. The van der Waals surface area contributed by atoms with E-state index in [0.29, 0.717) is 30.6 Å². The third-order valence-corrected chi connectivity index (χ3v) is 5.35. The summed E-state index contributed by atoms with van der Waals surface area (Å²) in [6, 6.07) is 8.87. The molecule has 0 radical (unpaired) electrons. The number of carbonyl (C=O) groups is 1. The highest BCUT2D eigenvalue weighted by atomic mass is 16.5. The summed E-state index contributed by atoms with van der Waals surface area (Å²) in [5, 5.41) is 3.63. The molecule has 2 heterocycles. The predicted octanol–water partition coefficient (Wildman–Crippen LogP) is 3.75. The van der Waals surface area contributed by atoms with Gasteiger partial charge in [0.25, 0.3) is 0 Å². The number of rotatable bonds is 5. The largest absolute Gasteiger partial charge is 0.382 e. The van der Waals surface area contributed by atoms with E-state index in [1.807, 2.05) is 4.90 Å². The number of para-hydroxylation sites is 1. The number of hydrogen-bond donors (Lipinski definition) is 1. The molecule has 4 heteroatoms. The van der Waals surface area contributed by atoms with Crippen molar-refractivity contribution in [3.63, 3.8) is 0 Å². The number of aryl methyl sites for hydroxylation is 1. The van der Waals surface area contributed by atoms with Gasteiger partial charge in [0, 0.05) is 31.2 Å². The zero-order valence-electron chi connectivity index (χ0n) is 15.0. The second kappa shape index (κ2) is 8.02. The molecule has 1 aromatic carbocycles. The molecule has 132 valence electrons. The Labute approximate surface area is 145 Å². The molecule has 0 unspecified atom stereocenters. The van der Waals surface area contributed by atoms with Gasteiger partial charge in [-0.15, -0.1) is 0 Å². The summed E-state index contributed by atoms with van der Waals surface area (Å²) >= 11 is 0. The van der Waals surface area contributed by atoms with Crippen molar-refractivity contribution in [2.45, 2.75) is 70.6 Å². The fraction of sp³-hybridized carbons (Fsp3) is 0.650. The third-order valence-electron chi connectivity index (χ3n) is 5.35. The van der Waals surface area contributed by atoms with E-state index in [0.717, 1.165) is 45.2 Å². The van der Waals surface area contributed by atoms with Gasteiger partial charge in [-0.1, -0.05) is 18.2 Å². The molecule has 2 aliphatic rings. The molecular formula is C20H30N2O2. The van der Waals surface area contributed by atoms with E-state index in [9.17, 15) is 4.79 Å². The van der Waals surface area contributed by atoms with E-state index in [2.05, 4.69) is 43.4 Å². The van der Waals surface area contributed by atoms with Gasteiger partial charge >= 0.3 is 0 Å². The van der Waals surface area contributed by atoms with Gasteiger partial charge in [0.15, 0.2) is 0 Å². The molecule has 2 aliphatic heterocycles. The van der Waals surface area contributed by atoms with E-state index in [4.69, 9.17) is 4.74 Å². The first kappa shape index (κ1) is 17.3. The highest BCUT2D eigenvalue weighted by Crippen LogP contribution is 2.24. The Kier molecular flexibility index (Phi) is 5.77. The van der Waals surface area contributed by atoms with E-state index in [-0.39, 0.29) is 0 Å². The number of likely N-dealkylation sites (tertiary alicyclic amines) is 1. The summed E-state index contributed by atoms with van der Waals surface area (Å²) in [7, 11) is 0. The normalized spacial score (nSPS) is 25.0. The van der Waals surface area contributed by atoms with Crippen molar-refractivity contribution in [3.05, 3.63) is 29.8 Å². The highest BCUT2D eigenvalue weighted by Gasteiger charge is 2.26. The van der Waals surface area contributed by atoms with Crippen LogP contribution in [0.15, 0.2) is 24.3 Å². The Morgan fingerprint density at radius 1 is 1.21 bits per heavy atom. The summed E-state index contributed by atoms with van der Waals surface area (Å²) in [5.74, 6) is 0.299. The number of amides is 1. The minimum absolute atomic E-state index is 0.296. The van der Waals surface area contributed by atoms with Crippen molar-refractivity contribution >= 4 is 11.6 Å². The molecule has 4 nitrogen and oxygen atoms in total. The molecule has 0 aliphatic carbocycles. The van der Waals surface area contributed by atoms with Crippen molar-refractivity contribution in [1.82, 2.24) is 4.90 Å². The zero-order valence-corrected chi connectivity index (χ0v) is 15.0. The van der Waals surface area contributed by atoms with Crippen LogP contribution in [0.1, 0.15) is 51.0 Å². The summed E-state index contributed by atoms with van der Waals surface area (Å²) < 4.78 is 5.81. The lowest BCUT2D eigenvalue weighted by Gasteiger charge is -2.33. The Bertz CT molecular complexity index is 552. The maximum Gasteiger partial charge on any atom is 0.222 e. The standard InChI is InChI=1S/C20H30N2O2/c1-15-5-3-4-6-19(15)21-17-11-13-22(14-12-17)20(23)10-9-18-8-7-16(2)24-18/h3-6,16-18,21H,7-14H2,1-2H3/t16-,18+/m1/s1. The van der Waals surface area contributed by atoms with Crippen LogP contribution >= 0.6 is 0 Å². The van der Waals surface area contributed by atoms with Gasteiger partial charge in [0.2, 0.25) is 5.91 Å². The van der Waals surface area contributed by atoms with Gasteiger partial charge in [-0.3, -0.25) is 4.79 Å². The molecule has 3 rings (SSSR count). The third kappa shape index (κ3) is 4.50. The number of nitrogens with zero attached hydrogens (tertiary/aromatic N) is 1. The van der Waals surface area contributed by atoms with Crippen molar-refractivity contribution in [1.29, 1.82) is 0 Å². The first-order valence-corrected chi connectivity index (χ1v) is 9.37. The molecule has 2 saturated heterocycles. The number of carbonyl (C=O) groups excluding carboxylic acids is 1. The fourth-order valence-corrected chi connectivity index (χ4v) is 3.77. The number of anilines is 1. The molecule has 2 fully saturated rings. The lowest BCUT2D eigenvalue weighted by atomic mass is 10.0. The minimum Gasteiger partial charge on any atom is -0.382 e. The number of ether oxygens (including phenoxy) is 1. The lowest BCUT2D eigenvalue weighted by Crippen LogP contribution is -2.42. The molecule has 0 saturated carbocycles. The Morgan fingerprint density at radius 3 is 2.62 bits per heavy atom. The topological polar surface area (TPSA) is 41.6 Å². The monoisotopic (exact) mass is 330 g/mol. The number of piperidine rings is 1. The summed E-state index contributed by atoms with van der Waals surface area (Å²) in [5.41, 5.74) is 2.50. The molecule has 2 atom stereocenters. The Hall–Kier alpha value is -1.55. The van der Waals surface area contributed by atoms with Crippen LogP contribution in [0, 0.1) is 6.92 Å². The van der Waals surface area contributed by atoms with Gasteiger partial charge in [-0.05, 0) is 57.6 Å². The molecule has 1 aromatic rings. The van der Waals surface area contributed by atoms with Crippen molar-refractivity contribution in [3.8, 4) is 0 Å². The first-order chi connectivity index (χ1) is 11.6. The molecule has 0 spiro atoms. The number of nitrogens with one attached hydrogen (secondary N) is 1. The van der Waals surface area contributed by atoms with Crippen LogP contribution in [-0.4, -0.2) is 42.1 Å². The summed E-state index contributed by atoms with van der Waals surface area (Å²) in [6.45, 7) is 5.98. The second-order valence-corrected chi connectivity index (χ2v) is 7.30. The maximum absolute atomic E-state index is 12.4. The van der Waals surface area contributed by atoms with E-state index < -0.39 is 0 Å². The van der Waals surface area contributed by atoms with Gasteiger partial charge in [-0.2, -0.15) is 0 Å². The quantitative estimate of drug-likeness (QED) is 0.894. The maximum atomic E-state index is 12.4. The van der Waals surface area contributed by atoms with Crippen LogP contribution in [0.4, 0.5) is 5.69 Å². The van der Waals surface area contributed by atoms with Crippen LogP contribution in [-0.2, 0) is 9.53 Å². The number of hydrogen-bond acceptors (Lipinski definition) is 3. The first-order valence-electron chi connectivity index (χ1n) is 9.37. The fourth-order valence-electron chi connectivity index (χ4n) is 3.77. The van der Waals surface area contributed by atoms with Crippen LogP contribution in [0.5, 0.6) is 0 Å². The average Bonchev–Trinajstić information content (AvgIpc) is 3.01. The van der Waals surface area contributed by atoms with E-state index >= 15 is 0 Å². The minimum atomic E-state index is 0.296. The van der Waals surface area contributed by atoms with Crippen LogP contribution in [0.3, 0.4) is 0 Å². The Balaban J connectivity index is 1.40. The molecule has 0 aromatic heterocycles. The van der Waals surface area contributed by atoms with Gasteiger partial charge in [0.05, 0.1) is 12.2 Å². The van der Waals surface area contributed by atoms with E-state index in [1.54, 1.807) is 0 Å². The van der Waals surface area contributed by atoms with Crippen molar-refractivity contribution < 1.29 is 9.53 Å². The molecule has 0 bridgehead atoms. The Morgan fingerprint density at radius 2 is 1.96 bits per heavy atom. The molecule has 1 N–H and O–H groups in total. The zero-order chi connectivity index (χ0) is 16.9. The summed E-state index contributed by atoms with van der Waals surface area (Å²) in [6.07, 6.45) is 6.47. The molecule has 1 amide bonds. The predicted molar refractivity (Wildman–Crippen MR) is 97.2 cm³/mol. The summed E-state index contributed by atoms with van der Waals surface area (Å²) in [4.78, 5) is 14.4. The SMILES string of the molecule is Cc1ccccc1NC1CCN(C(=O)CC[C@@H]2CC[C@@H](C)O2)CC1. The molecular weight excluding hydrogens is 300 g/mol. The van der Waals surface area contributed by atoms with Crippen LogP contribution in [0.25, 0.3) is 0 Å². The van der Waals surface area contributed by atoms with Crippen LogP contribution < -0.4 is 5.32 Å². The van der Waals surface area contributed by atoms with Crippen molar-refractivity contribution in [2.75, 3.05) is 18.4 Å². The number of benzene rings is 1. The van der Waals surface area contributed by atoms with Crippen molar-refractivity contribution in [2.24, 2.45) is 0 Å². The smallest absolute Gasteiger partial charge is 0.222 e. The van der Waals surface area contributed by atoms with Gasteiger partial charge < -0.3 is 15.0 Å². The van der Waals surface area contributed by atoms with Crippen LogP contribution in [0.2, 0.25) is 0 Å². The van der Waals surface area contributed by atoms with Gasteiger partial charge in [-0.25, -0.2) is 0 Å². The second-order valence-electron chi connectivity index (χ2n) is 7.30. The lowest BCUT2D eigenvalue weighted by molar-refractivity contribution is -0.132. The van der Waals surface area contributed by atoms with E-state index in [1.165, 1.54) is 11.3 Å². The molecule has 24 heavy (non-hydrogen) atoms. The highest BCUT2D eigenvalue weighted by molar-refractivity contribution is 5.76. The van der Waals surface area contributed by atoms with Gasteiger partial charge in [0.1, 0.15) is 0 Å².